The van der Waals surface area contributed by atoms with Crippen LogP contribution in [-0.4, -0.2) is 23.7 Å². The van der Waals surface area contributed by atoms with E-state index in [1.165, 1.54) is 27.5 Å². The molecule has 0 aliphatic carbocycles. The van der Waals surface area contributed by atoms with Crippen molar-refractivity contribution in [2.45, 2.75) is 78.6 Å². The third kappa shape index (κ3) is 6.92. The first-order chi connectivity index (χ1) is 31.6. The van der Waals surface area contributed by atoms with Crippen LogP contribution >= 0.6 is 0 Å². The SMILES string of the molecule is CC(C)(C)c1cc(-[n+]2[c-]n(-c3cncc(Oc4cc(-n5c6ccccc6c6ccccc65)c5c6ccccc6n(-c6cc(C(C)(C)C)ccn6)c5c4)c3)c3ccccc32)cc(C(C)(C)C)c1. The molecule has 0 fully saturated rings. The summed E-state index contributed by atoms with van der Waals surface area (Å²) >= 11 is 0. The molecular weight excluding hydrogens is 809 g/mol. The van der Waals surface area contributed by atoms with Gasteiger partial charge in [-0.3, -0.25) is 18.7 Å². The van der Waals surface area contributed by atoms with Crippen LogP contribution in [-0.2, 0) is 16.2 Å². The lowest BCUT2D eigenvalue weighted by atomic mass is 9.80. The van der Waals surface area contributed by atoms with Gasteiger partial charge in [0.2, 0.25) is 0 Å². The standard InChI is InChI=1S/C59H54N6O/c1-57(2,3)38-26-27-61-55(31-38)65-50-23-15-12-20-47(50)56-53(64-48-21-13-10-18-45(48)46-19-11-14-22-49(46)64)33-43(34-54(56)65)66-44-32-42(35-60-36-44)63-37-62(51-24-16-17-25-52(51)63)41-29-39(58(4,5)6)28-40(30-41)59(7,8)9/h10-36H,1-9H3. The van der Waals surface area contributed by atoms with Crippen LogP contribution in [0.15, 0.2) is 164 Å². The number of rotatable bonds is 6. The van der Waals surface area contributed by atoms with Gasteiger partial charge in [-0.25, -0.2) is 4.98 Å². The lowest BCUT2D eigenvalue weighted by Crippen LogP contribution is -2.31. The Morgan fingerprint density at radius 2 is 1.08 bits per heavy atom. The van der Waals surface area contributed by atoms with Crippen LogP contribution in [0.4, 0.5) is 0 Å². The molecule has 7 heteroatoms. The molecule has 0 bridgehead atoms. The maximum absolute atomic E-state index is 7.04. The van der Waals surface area contributed by atoms with Crippen molar-refractivity contribution in [1.82, 2.24) is 23.7 Å². The molecule has 0 radical (unpaired) electrons. The topological polar surface area (TPSA) is 53.7 Å². The smallest absolute Gasteiger partial charge is 0.269 e. The predicted octanol–water partition coefficient (Wildman–Crippen LogP) is 14.4. The molecule has 0 amide bonds. The van der Waals surface area contributed by atoms with Crippen LogP contribution in [0.5, 0.6) is 11.5 Å². The van der Waals surface area contributed by atoms with Gasteiger partial charge in [-0.05, 0) is 81.5 Å². The summed E-state index contributed by atoms with van der Waals surface area (Å²) in [6.07, 6.45) is 9.34. The summed E-state index contributed by atoms with van der Waals surface area (Å²) in [5, 5.41) is 4.64. The number of hydrogen-bond acceptors (Lipinski definition) is 3. The molecule has 0 saturated carbocycles. The lowest BCUT2D eigenvalue weighted by molar-refractivity contribution is -0.572. The summed E-state index contributed by atoms with van der Waals surface area (Å²) in [6.45, 7) is 20.4. The molecule has 11 rings (SSSR count). The van der Waals surface area contributed by atoms with Gasteiger partial charge in [-0.2, -0.15) is 0 Å². The predicted molar refractivity (Wildman–Crippen MR) is 271 cm³/mol. The average Bonchev–Trinajstić information content (AvgIpc) is 3.96. The second-order valence-corrected chi connectivity index (χ2v) is 20.7. The van der Waals surface area contributed by atoms with E-state index in [-0.39, 0.29) is 16.2 Å². The van der Waals surface area contributed by atoms with Crippen molar-refractivity contribution in [3.8, 4) is 34.4 Å². The van der Waals surface area contributed by atoms with Crippen molar-refractivity contribution in [3.05, 3.63) is 187 Å². The fraction of sp³-hybridized carbons (Fsp3) is 0.203. The normalized spacial score (nSPS) is 12.6. The molecule has 0 aliphatic rings. The minimum atomic E-state index is -0.0650. The zero-order chi connectivity index (χ0) is 45.7. The molecule has 7 nitrogen and oxygen atoms in total. The summed E-state index contributed by atoms with van der Waals surface area (Å²) in [4.78, 5) is 9.82. The summed E-state index contributed by atoms with van der Waals surface area (Å²) < 4.78 is 16.0. The second-order valence-electron chi connectivity index (χ2n) is 20.7. The zero-order valence-electron chi connectivity index (χ0n) is 39.2. The molecule has 0 atom stereocenters. The molecule has 326 valence electrons. The van der Waals surface area contributed by atoms with E-state index in [2.05, 4.69) is 233 Å². The molecule has 6 aromatic carbocycles. The van der Waals surface area contributed by atoms with E-state index < -0.39 is 0 Å². The minimum absolute atomic E-state index is 0.0315. The molecule has 66 heavy (non-hydrogen) atoms. The van der Waals surface area contributed by atoms with Gasteiger partial charge in [0, 0.05) is 46.1 Å². The monoisotopic (exact) mass is 862 g/mol. The number of aromatic nitrogens is 6. The molecule has 0 saturated heterocycles. The Bertz CT molecular complexity index is 3610. The third-order valence-corrected chi connectivity index (χ3v) is 13.1. The van der Waals surface area contributed by atoms with E-state index in [4.69, 9.17) is 14.7 Å². The van der Waals surface area contributed by atoms with Crippen LogP contribution in [0, 0.1) is 6.33 Å². The number of benzene rings is 6. The van der Waals surface area contributed by atoms with Gasteiger partial charge in [0.1, 0.15) is 17.3 Å². The van der Waals surface area contributed by atoms with Crippen molar-refractivity contribution < 1.29 is 9.30 Å². The maximum atomic E-state index is 7.04. The largest absolute Gasteiger partial charge is 0.456 e. The first-order valence-corrected chi connectivity index (χ1v) is 22.9. The van der Waals surface area contributed by atoms with E-state index >= 15 is 0 Å². The van der Waals surface area contributed by atoms with Crippen molar-refractivity contribution in [2.75, 3.05) is 0 Å². The molecule has 0 unspecified atom stereocenters. The van der Waals surface area contributed by atoms with Gasteiger partial charge in [-0.15, -0.1) is 0 Å². The Balaban J connectivity index is 1.11. The highest BCUT2D eigenvalue weighted by atomic mass is 16.5. The molecule has 5 heterocycles. The minimum Gasteiger partial charge on any atom is -0.456 e. The van der Waals surface area contributed by atoms with E-state index in [1.807, 2.05) is 12.4 Å². The van der Waals surface area contributed by atoms with Crippen LogP contribution in [0.1, 0.15) is 79.0 Å². The van der Waals surface area contributed by atoms with Crippen LogP contribution in [0.2, 0.25) is 0 Å². The number of fused-ring (bicyclic) bond motifs is 7. The van der Waals surface area contributed by atoms with Gasteiger partial charge in [0.25, 0.3) is 6.33 Å². The Kier molecular flexibility index (Phi) is 9.38. The molecule has 0 aliphatic heterocycles. The van der Waals surface area contributed by atoms with Crippen molar-refractivity contribution in [1.29, 1.82) is 0 Å². The lowest BCUT2D eigenvalue weighted by Gasteiger charge is -2.26. The summed E-state index contributed by atoms with van der Waals surface area (Å²) in [7, 11) is 0. The number of imidazole rings is 1. The molecule has 11 aromatic rings. The summed E-state index contributed by atoms with van der Waals surface area (Å²) in [5.74, 6) is 2.14. The second kappa shape index (κ2) is 15.0. The number of para-hydroxylation sites is 5. The van der Waals surface area contributed by atoms with Gasteiger partial charge in [0.05, 0.1) is 56.4 Å². The Labute approximate surface area is 386 Å². The highest BCUT2D eigenvalue weighted by Gasteiger charge is 2.25. The molecular formula is C59H54N6O. The van der Waals surface area contributed by atoms with Gasteiger partial charge in [0.15, 0.2) is 0 Å². The van der Waals surface area contributed by atoms with Crippen molar-refractivity contribution in [3.63, 3.8) is 0 Å². The molecule has 0 N–H and O–H groups in total. The Hall–Kier alpha value is -7.51. The van der Waals surface area contributed by atoms with Crippen molar-refractivity contribution >= 4 is 54.6 Å². The quantitative estimate of drug-likeness (QED) is 0.124. The average molecular weight is 863 g/mol. The zero-order valence-corrected chi connectivity index (χ0v) is 39.2. The molecule has 5 aromatic heterocycles. The maximum Gasteiger partial charge on any atom is 0.269 e. The van der Waals surface area contributed by atoms with Crippen LogP contribution < -0.4 is 9.30 Å². The summed E-state index contributed by atoms with van der Waals surface area (Å²) in [6, 6.07) is 52.1. The van der Waals surface area contributed by atoms with E-state index in [1.54, 1.807) is 6.20 Å². The van der Waals surface area contributed by atoms with Gasteiger partial charge in [-0.1, -0.05) is 147 Å². The van der Waals surface area contributed by atoms with E-state index in [0.717, 1.165) is 66.8 Å². The van der Waals surface area contributed by atoms with Crippen LogP contribution in [0.3, 0.4) is 0 Å². The third-order valence-electron chi connectivity index (χ3n) is 13.1. The number of nitrogens with zero attached hydrogens (tertiary/aromatic N) is 6. The fourth-order valence-electron chi connectivity index (χ4n) is 9.49. The van der Waals surface area contributed by atoms with Gasteiger partial charge < -0.3 is 9.30 Å². The van der Waals surface area contributed by atoms with E-state index in [0.29, 0.717) is 11.5 Å². The number of ether oxygens (including phenoxy) is 1. The highest BCUT2D eigenvalue weighted by Crippen LogP contribution is 2.43. The molecule has 0 spiro atoms. The fourth-order valence-corrected chi connectivity index (χ4v) is 9.49. The first kappa shape index (κ1) is 41.2. The number of pyridine rings is 2. The van der Waals surface area contributed by atoms with Gasteiger partial charge >= 0.3 is 0 Å². The highest BCUT2D eigenvalue weighted by molar-refractivity contribution is 6.16. The van der Waals surface area contributed by atoms with Crippen molar-refractivity contribution in [2.24, 2.45) is 0 Å². The first-order valence-electron chi connectivity index (χ1n) is 22.9. The number of hydrogen-bond donors (Lipinski definition) is 0. The Morgan fingerprint density at radius 1 is 0.500 bits per heavy atom. The summed E-state index contributed by atoms with van der Waals surface area (Å²) in [5.41, 5.74) is 13.0. The van der Waals surface area contributed by atoms with Crippen LogP contribution in [0.25, 0.3) is 77.5 Å². The Morgan fingerprint density at radius 3 is 1.71 bits per heavy atom. The van der Waals surface area contributed by atoms with E-state index in [9.17, 15) is 0 Å².